The quantitative estimate of drug-likeness (QED) is 0.669. The van der Waals surface area contributed by atoms with Gasteiger partial charge in [0, 0.05) is 24.9 Å². The highest BCUT2D eigenvalue weighted by molar-refractivity contribution is 7.92. The Balaban J connectivity index is 1.87. The van der Waals surface area contributed by atoms with Gasteiger partial charge in [0.1, 0.15) is 0 Å². The molecule has 0 saturated carbocycles. The summed E-state index contributed by atoms with van der Waals surface area (Å²) in [5.41, 5.74) is 2.71. The van der Waals surface area contributed by atoms with Gasteiger partial charge >= 0.3 is 5.97 Å². The van der Waals surface area contributed by atoms with Gasteiger partial charge in [-0.2, -0.15) is 5.10 Å². The van der Waals surface area contributed by atoms with Crippen LogP contribution in [0, 0.1) is 0 Å². The van der Waals surface area contributed by atoms with Crippen molar-refractivity contribution in [3.05, 3.63) is 65.7 Å². The summed E-state index contributed by atoms with van der Waals surface area (Å²) in [6.07, 6.45) is 1.80. The van der Waals surface area contributed by atoms with E-state index in [-0.39, 0.29) is 31.2 Å². The van der Waals surface area contributed by atoms with Crippen LogP contribution < -0.4 is 4.72 Å². The second-order valence-electron chi connectivity index (χ2n) is 7.12. The summed E-state index contributed by atoms with van der Waals surface area (Å²) >= 11 is 0. The number of benzene rings is 2. The molecule has 1 aliphatic heterocycles. The van der Waals surface area contributed by atoms with E-state index in [1.54, 1.807) is 18.2 Å². The van der Waals surface area contributed by atoms with Crippen molar-refractivity contribution in [1.29, 1.82) is 0 Å². The van der Waals surface area contributed by atoms with E-state index in [2.05, 4.69) is 9.82 Å². The summed E-state index contributed by atoms with van der Waals surface area (Å²) in [4.78, 5) is 23.5. The minimum Gasteiger partial charge on any atom is -0.481 e. The van der Waals surface area contributed by atoms with Crippen LogP contribution in [-0.4, -0.2) is 42.4 Å². The lowest BCUT2D eigenvalue weighted by Gasteiger charge is -2.22. The van der Waals surface area contributed by atoms with Gasteiger partial charge in [0.05, 0.1) is 18.0 Å². The molecule has 3 rings (SSSR count). The number of aliphatic carboxylic acids is 1. The Morgan fingerprint density at radius 3 is 2.53 bits per heavy atom. The van der Waals surface area contributed by atoms with Crippen LogP contribution in [-0.2, 0) is 19.6 Å². The number of carboxylic acid groups (broad SMARTS) is 1. The number of amides is 1. The molecule has 1 atom stereocenters. The Morgan fingerprint density at radius 1 is 1.13 bits per heavy atom. The number of hydrogen-bond donors (Lipinski definition) is 2. The Kier molecular flexibility index (Phi) is 6.51. The standard InChI is InChI=1S/C21H23N3O5S/c1-30(28,29)23-17-10-5-9-16(13-17)18-14-19(15-7-3-2-4-8-15)24(22-18)20(25)11-6-12-21(26)27/h2-5,7-10,13,19,23H,6,11-12,14H2,1H3,(H,26,27)/t19-/m1/s1. The Hall–Kier alpha value is -3.20. The minimum absolute atomic E-state index is 0.0780. The summed E-state index contributed by atoms with van der Waals surface area (Å²) < 4.78 is 25.5. The summed E-state index contributed by atoms with van der Waals surface area (Å²) in [5.74, 6) is -1.19. The van der Waals surface area contributed by atoms with Gasteiger partial charge < -0.3 is 5.11 Å². The maximum atomic E-state index is 12.8. The molecule has 0 bridgehead atoms. The van der Waals surface area contributed by atoms with Crippen molar-refractivity contribution in [2.75, 3.05) is 11.0 Å². The largest absolute Gasteiger partial charge is 0.481 e. The van der Waals surface area contributed by atoms with Crippen molar-refractivity contribution in [2.45, 2.75) is 31.7 Å². The monoisotopic (exact) mass is 429 g/mol. The highest BCUT2D eigenvalue weighted by Gasteiger charge is 2.32. The lowest BCUT2D eigenvalue weighted by molar-refractivity contribution is -0.137. The number of nitrogens with one attached hydrogen (secondary N) is 1. The molecule has 0 radical (unpaired) electrons. The normalized spacial score (nSPS) is 16.2. The zero-order valence-corrected chi connectivity index (χ0v) is 17.3. The molecule has 1 amide bonds. The van der Waals surface area contributed by atoms with Gasteiger partial charge in [-0.25, -0.2) is 13.4 Å². The first-order valence-electron chi connectivity index (χ1n) is 9.47. The van der Waals surface area contributed by atoms with E-state index in [9.17, 15) is 18.0 Å². The number of carbonyl (C=O) groups excluding carboxylic acids is 1. The molecular weight excluding hydrogens is 406 g/mol. The smallest absolute Gasteiger partial charge is 0.303 e. The third kappa shape index (κ3) is 5.66. The molecule has 0 spiro atoms. The summed E-state index contributed by atoms with van der Waals surface area (Å²) in [7, 11) is -3.42. The molecular formula is C21H23N3O5S. The van der Waals surface area contributed by atoms with Crippen molar-refractivity contribution < 1.29 is 23.1 Å². The summed E-state index contributed by atoms with van der Waals surface area (Å²) in [5, 5.41) is 14.8. The van der Waals surface area contributed by atoms with E-state index in [0.29, 0.717) is 23.4 Å². The summed E-state index contributed by atoms with van der Waals surface area (Å²) in [6, 6.07) is 16.1. The lowest BCUT2D eigenvalue weighted by atomic mass is 9.98. The number of hydrazone groups is 1. The fraction of sp³-hybridized carbons (Fsp3) is 0.286. The average Bonchev–Trinajstić information content (AvgIpc) is 3.13. The number of sulfonamides is 1. The summed E-state index contributed by atoms with van der Waals surface area (Å²) in [6.45, 7) is 0. The first kappa shape index (κ1) is 21.5. The molecule has 9 heteroatoms. The van der Waals surface area contributed by atoms with Gasteiger partial charge in [0.25, 0.3) is 0 Å². The van der Waals surface area contributed by atoms with Gasteiger partial charge in [-0.05, 0) is 29.7 Å². The molecule has 2 aromatic rings. The highest BCUT2D eigenvalue weighted by Crippen LogP contribution is 2.33. The van der Waals surface area contributed by atoms with Crippen LogP contribution in [0.15, 0.2) is 59.7 Å². The van der Waals surface area contributed by atoms with Crippen LogP contribution in [0.5, 0.6) is 0 Å². The number of nitrogens with zero attached hydrogens (tertiary/aromatic N) is 2. The molecule has 8 nitrogen and oxygen atoms in total. The zero-order chi connectivity index (χ0) is 21.7. The molecule has 2 N–H and O–H groups in total. The Labute approximate surface area is 175 Å². The first-order valence-corrected chi connectivity index (χ1v) is 11.4. The molecule has 0 aliphatic carbocycles. The van der Waals surface area contributed by atoms with Crippen LogP contribution in [0.4, 0.5) is 5.69 Å². The lowest BCUT2D eigenvalue weighted by Crippen LogP contribution is -2.26. The topological polar surface area (TPSA) is 116 Å². The molecule has 1 heterocycles. The second kappa shape index (κ2) is 9.08. The van der Waals surface area contributed by atoms with Crippen molar-refractivity contribution in [3.8, 4) is 0 Å². The fourth-order valence-electron chi connectivity index (χ4n) is 3.33. The van der Waals surface area contributed by atoms with Crippen LogP contribution in [0.25, 0.3) is 0 Å². The highest BCUT2D eigenvalue weighted by atomic mass is 32.2. The molecule has 1 aliphatic rings. The van der Waals surface area contributed by atoms with Crippen LogP contribution in [0.2, 0.25) is 0 Å². The number of carbonyl (C=O) groups is 2. The third-order valence-corrected chi connectivity index (χ3v) is 5.24. The predicted molar refractivity (Wildman–Crippen MR) is 114 cm³/mol. The van der Waals surface area contributed by atoms with E-state index in [0.717, 1.165) is 11.8 Å². The number of rotatable bonds is 8. The number of carboxylic acids is 1. The maximum Gasteiger partial charge on any atom is 0.303 e. The van der Waals surface area contributed by atoms with Gasteiger partial charge in [0.2, 0.25) is 15.9 Å². The van der Waals surface area contributed by atoms with Crippen LogP contribution in [0.1, 0.15) is 42.9 Å². The van der Waals surface area contributed by atoms with Crippen molar-refractivity contribution in [2.24, 2.45) is 5.10 Å². The molecule has 0 unspecified atom stereocenters. The number of anilines is 1. The Morgan fingerprint density at radius 2 is 1.87 bits per heavy atom. The van der Waals surface area contributed by atoms with Gasteiger partial charge in [-0.1, -0.05) is 42.5 Å². The van der Waals surface area contributed by atoms with E-state index < -0.39 is 16.0 Å². The minimum atomic E-state index is -3.42. The molecule has 30 heavy (non-hydrogen) atoms. The molecule has 0 saturated heterocycles. The van der Waals surface area contributed by atoms with Gasteiger partial charge in [-0.3, -0.25) is 14.3 Å². The van der Waals surface area contributed by atoms with E-state index in [1.807, 2.05) is 36.4 Å². The molecule has 0 aromatic heterocycles. The van der Waals surface area contributed by atoms with E-state index in [1.165, 1.54) is 5.01 Å². The number of hydrogen-bond acceptors (Lipinski definition) is 5. The van der Waals surface area contributed by atoms with Gasteiger partial charge in [-0.15, -0.1) is 0 Å². The van der Waals surface area contributed by atoms with Gasteiger partial charge in [0.15, 0.2) is 0 Å². The first-order chi connectivity index (χ1) is 14.2. The van der Waals surface area contributed by atoms with Crippen LogP contribution in [0.3, 0.4) is 0 Å². The zero-order valence-electron chi connectivity index (χ0n) is 16.5. The molecule has 2 aromatic carbocycles. The van der Waals surface area contributed by atoms with Crippen molar-refractivity contribution >= 4 is 33.3 Å². The van der Waals surface area contributed by atoms with E-state index >= 15 is 0 Å². The van der Waals surface area contributed by atoms with Crippen molar-refractivity contribution in [3.63, 3.8) is 0 Å². The second-order valence-corrected chi connectivity index (χ2v) is 8.87. The maximum absolute atomic E-state index is 12.8. The predicted octanol–water partition coefficient (Wildman–Crippen LogP) is 2.99. The molecule has 158 valence electrons. The van der Waals surface area contributed by atoms with Crippen LogP contribution >= 0.6 is 0 Å². The fourth-order valence-corrected chi connectivity index (χ4v) is 3.89. The van der Waals surface area contributed by atoms with E-state index in [4.69, 9.17) is 5.11 Å². The SMILES string of the molecule is CS(=O)(=O)Nc1cccc(C2=NN(C(=O)CCCC(=O)O)[C@@H](c3ccccc3)C2)c1. The molecule has 0 fully saturated rings. The third-order valence-electron chi connectivity index (χ3n) is 4.63. The Bertz CT molecular complexity index is 1070. The average molecular weight is 429 g/mol. The van der Waals surface area contributed by atoms with Crippen molar-refractivity contribution in [1.82, 2.24) is 5.01 Å².